The minimum Gasteiger partial charge on any atom is -0.427 e. The molecule has 0 spiro atoms. The van der Waals surface area contributed by atoms with Gasteiger partial charge in [-0.3, -0.25) is 0 Å². The average molecular weight is 116 g/mol. The topological polar surface area (TPSA) is 49.7 Å². The quantitative estimate of drug-likeness (QED) is 0.466. The second-order valence-corrected chi connectivity index (χ2v) is 2.09. The smallest absolute Gasteiger partial charge is 0.427 e. The Labute approximate surface area is 48.4 Å². The van der Waals surface area contributed by atoms with Gasteiger partial charge in [0.2, 0.25) is 0 Å². The zero-order valence-electron chi connectivity index (χ0n) is 4.74. The highest BCUT2D eigenvalue weighted by molar-refractivity contribution is 6.44. The van der Waals surface area contributed by atoms with Crippen molar-refractivity contribution in [3.63, 3.8) is 0 Å². The molecule has 0 aliphatic heterocycles. The Morgan fingerprint density at radius 3 is 2.38 bits per heavy atom. The molecule has 8 heavy (non-hydrogen) atoms. The van der Waals surface area contributed by atoms with Crippen molar-refractivity contribution < 1.29 is 14.8 Å². The van der Waals surface area contributed by atoms with Crippen molar-refractivity contribution in [2.24, 2.45) is 0 Å². The first kappa shape index (κ1) is 6.07. The molecule has 0 heterocycles. The maximum atomic E-state index is 8.47. The Kier molecular flexibility index (Phi) is 1.55. The van der Waals surface area contributed by atoms with E-state index in [0.717, 1.165) is 6.42 Å². The largest absolute Gasteiger partial charge is 0.457 e. The predicted molar refractivity (Wildman–Crippen MR) is 29.4 cm³/mol. The molecule has 0 aromatic heterocycles. The highest BCUT2D eigenvalue weighted by Crippen LogP contribution is 2.40. The summed E-state index contributed by atoms with van der Waals surface area (Å²) in [4.78, 5) is 0. The molecule has 2 unspecified atom stereocenters. The average Bonchev–Trinajstić information content (AvgIpc) is 2.42. The third kappa shape index (κ3) is 1.02. The van der Waals surface area contributed by atoms with Crippen LogP contribution in [0.25, 0.3) is 0 Å². The first-order chi connectivity index (χ1) is 3.75. The molecule has 1 aliphatic rings. The molecule has 2 atom stereocenters. The monoisotopic (exact) mass is 116 g/mol. The van der Waals surface area contributed by atoms with Crippen LogP contribution >= 0.6 is 0 Å². The summed E-state index contributed by atoms with van der Waals surface area (Å²) in [5, 5.41) is 16.9. The molecule has 1 fully saturated rings. The van der Waals surface area contributed by atoms with Crippen LogP contribution in [0.1, 0.15) is 6.42 Å². The first-order valence-corrected chi connectivity index (χ1v) is 2.64. The summed E-state index contributed by atoms with van der Waals surface area (Å²) < 4.78 is 4.82. The van der Waals surface area contributed by atoms with Crippen LogP contribution in [0.3, 0.4) is 0 Å². The van der Waals surface area contributed by atoms with Crippen molar-refractivity contribution in [2.75, 3.05) is 7.11 Å². The fraction of sp³-hybridized carbons (Fsp3) is 1.00. The van der Waals surface area contributed by atoms with Gasteiger partial charge in [-0.1, -0.05) is 0 Å². The van der Waals surface area contributed by atoms with E-state index in [1.165, 1.54) is 0 Å². The number of hydrogen-bond donors (Lipinski definition) is 2. The maximum Gasteiger partial charge on any atom is 0.457 e. The SMILES string of the molecule is COC1CC1B(O)O. The summed E-state index contributed by atoms with van der Waals surface area (Å²) >= 11 is 0. The van der Waals surface area contributed by atoms with E-state index < -0.39 is 7.12 Å². The zero-order chi connectivity index (χ0) is 6.15. The second-order valence-electron chi connectivity index (χ2n) is 2.09. The van der Waals surface area contributed by atoms with Crippen LogP contribution in [0.2, 0.25) is 5.82 Å². The third-order valence-electron chi connectivity index (χ3n) is 1.46. The van der Waals surface area contributed by atoms with Gasteiger partial charge in [-0.25, -0.2) is 0 Å². The van der Waals surface area contributed by atoms with E-state index in [2.05, 4.69) is 0 Å². The van der Waals surface area contributed by atoms with Gasteiger partial charge in [-0.15, -0.1) is 0 Å². The Hall–Kier alpha value is -0.0551. The number of rotatable bonds is 2. The van der Waals surface area contributed by atoms with Gasteiger partial charge in [0.25, 0.3) is 0 Å². The molecule has 2 N–H and O–H groups in total. The van der Waals surface area contributed by atoms with Crippen molar-refractivity contribution in [1.29, 1.82) is 0 Å². The van der Waals surface area contributed by atoms with Crippen molar-refractivity contribution in [1.82, 2.24) is 0 Å². The van der Waals surface area contributed by atoms with Crippen molar-refractivity contribution in [3.05, 3.63) is 0 Å². The van der Waals surface area contributed by atoms with Crippen LogP contribution in [0.15, 0.2) is 0 Å². The predicted octanol–water partition coefficient (Wildman–Crippen LogP) is -0.752. The lowest BCUT2D eigenvalue weighted by Crippen LogP contribution is -2.13. The Balaban J connectivity index is 2.16. The van der Waals surface area contributed by atoms with Gasteiger partial charge in [0.15, 0.2) is 0 Å². The summed E-state index contributed by atoms with van der Waals surface area (Å²) in [7, 11) is 0.396. The lowest BCUT2D eigenvalue weighted by Gasteiger charge is -1.92. The van der Waals surface area contributed by atoms with Gasteiger partial charge in [-0.2, -0.15) is 0 Å². The lowest BCUT2D eigenvalue weighted by atomic mass is 9.83. The number of methoxy groups -OCH3 is 1. The number of hydrogen-bond acceptors (Lipinski definition) is 3. The molecule has 1 saturated carbocycles. The van der Waals surface area contributed by atoms with Gasteiger partial charge in [0.05, 0.1) is 6.10 Å². The summed E-state index contributed by atoms with van der Waals surface area (Å²) in [5.41, 5.74) is 0. The van der Waals surface area contributed by atoms with Gasteiger partial charge in [0.1, 0.15) is 0 Å². The van der Waals surface area contributed by atoms with Gasteiger partial charge < -0.3 is 14.8 Å². The Bertz CT molecular complexity index is 85.4. The Morgan fingerprint density at radius 1 is 1.62 bits per heavy atom. The molecular formula is C4H9BO3. The van der Waals surface area contributed by atoms with E-state index >= 15 is 0 Å². The fourth-order valence-electron chi connectivity index (χ4n) is 0.774. The van der Waals surface area contributed by atoms with E-state index in [1.807, 2.05) is 0 Å². The van der Waals surface area contributed by atoms with Gasteiger partial charge >= 0.3 is 7.12 Å². The highest BCUT2D eigenvalue weighted by atomic mass is 16.5. The van der Waals surface area contributed by atoms with E-state index in [0.29, 0.717) is 0 Å². The number of ether oxygens (including phenoxy) is 1. The molecule has 0 amide bonds. The van der Waals surface area contributed by atoms with E-state index in [4.69, 9.17) is 14.8 Å². The van der Waals surface area contributed by atoms with Crippen molar-refractivity contribution >= 4 is 7.12 Å². The molecule has 0 aromatic carbocycles. The van der Waals surface area contributed by atoms with Crippen LogP contribution in [-0.2, 0) is 4.74 Å². The molecular weight excluding hydrogens is 107 g/mol. The Morgan fingerprint density at radius 2 is 2.25 bits per heavy atom. The van der Waals surface area contributed by atoms with Crippen LogP contribution in [-0.4, -0.2) is 30.4 Å². The normalized spacial score (nSPS) is 34.9. The van der Waals surface area contributed by atoms with E-state index in [9.17, 15) is 0 Å². The van der Waals surface area contributed by atoms with Crippen LogP contribution in [0, 0.1) is 0 Å². The van der Waals surface area contributed by atoms with E-state index in [-0.39, 0.29) is 11.9 Å². The molecule has 0 aromatic rings. The zero-order valence-corrected chi connectivity index (χ0v) is 4.74. The van der Waals surface area contributed by atoms with Crippen molar-refractivity contribution in [3.8, 4) is 0 Å². The lowest BCUT2D eigenvalue weighted by molar-refractivity contribution is 0.179. The standard InChI is InChI=1S/C4H9BO3/c1-8-4-2-3(4)5(6)7/h3-4,6-7H,2H2,1H3. The maximum absolute atomic E-state index is 8.47. The summed E-state index contributed by atoms with van der Waals surface area (Å²) in [6.45, 7) is 0. The molecule has 0 saturated heterocycles. The first-order valence-electron chi connectivity index (χ1n) is 2.64. The van der Waals surface area contributed by atoms with Gasteiger partial charge in [-0.05, 0) is 6.42 Å². The van der Waals surface area contributed by atoms with Gasteiger partial charge in [0, 0.05) is 12.9 Å². The molecule has 0 radical (unpaired) electrons. The highest BCUT2D eigenvalue weighted by Gasteiger charge is 2.45. The molecule has 1 rings (SSSR count). The molecule has 4 heteroatoms. The second kappa shape index (κ2) is 2.05. The molecule has 1 aliphatic carbocycles. The summed E-state index contributed by atoms with van der Waals surface area (Å²) in [6, 6.07) is 0. The van der Waals surface area contributed by atoms with Crippen molar-refractivity contribution in [2.45, 2.75) is 18.3 Å². The summed E-state index contributed by atoms with van der Waals surface area (Å²) in [5.74, 6) is -0.0278. The molecule has 46 valence electrons. The molecule has 3 nitrogen and oxygen atoms in total. The summed E-state index contributed by atoms with van der Waals surface area (Å²) in [6.07, 6.45) is 0.878. The fourth-order valence-corrected chi connectivity index (χ4v) is 0.774. The molecule has 0 bridgehead atoms. The third-order valence-corrected chi connectivity index (χ3v) is 1.46. The van der Waals surface area contributed by atoms with Crippen LogP contribution in [0.5, 0.6) is 0 Å². The minimum atomic E-state index is -1.18. The van der Waals surface area contributed by atoms with Crippen LogP contribution in [0.4, 0.5) is 0 Å². The van der Waals surface area contributed by atoms with Crippen LogP contribution < -0.4 is 0 Å². The van der Waals surface area contributed by atoms with E-state index in [1.54, 1.807) is 7.11 Å². The minimum absolute atomic E-state index is 0.0278.